The molecule has 0 unspecified atom stereocenters. The van der Waals surface area contributed by atoms with E-state index in [1.807, 2.05) is 0 Å². The number of rotatable bonds is 0. The number of hydrogen-bond acceptors (Lipinski definition) is 1. The Morgan fingerprint density at radius 3 is 1.75 bits per heavy atom. The van der Waals surface area contributed by atoms with E-state index in [2.05, 4.69) is 4.99 Å². The van der Waals surface area contributed by atoms with Crippen LogP contribution >= 0.6 is 0 Å². The largest absolute Gasteiger partial charge is 0.428 e. The Labute approximate surface area is 45.2 Å². The normalized spacial score (nSPS) is 14.4. The van der Waals surface area contributed by atoms with E-state index < -0.39 is 11.9 Å². The molecule has 0 radical (unpaired) electrons. The molecule has 0 aliphatic rings. The predicted octanol–water partition coefficient (Wildman–Crippen LogP) is 1.64. The van der Waals surface area contributed by atoms with E-state index in [9.17, 15) is 13.2 Å². The minimum Gasteiger partial charge on any atom is -0.288 e. The highest BCUT2D eigenvalue weighted by Gasteiger charge is 2.30. The lowest BCUT2D eigenvalue weighted by Crippen LogP contribution is -2.18. The molecule has 0 amide bonds. The van der Waals surface area contributed by atoms with E-state index >= 15 is 0 Å². The number of alkyl halides is 3. The van der Waals surface area contributed by atoms with Gasteiger partial charge in [-0.25, -0.2) is 0 Å². The summed E-state index contributed by atoms with van der Waals surface area (Å²) in [7, 11) is 1.11. The van der Waals surface area contributed by atoms with Gasteiger partial charge in [-0.15, -0.1) is 0 Å². The van der Waals surface area contributed by atoms with E-state index in [1.54, 1.807) is 0 Å². The molecule has 0 aromatic heterocycles. The third-order valence-corrected chi connectivity index (χ3v) is 0.746. The van der Waals surface area contributed by atoms with Gasteiger partial charge < -0.3 is 0 Å². The van der Waals surface area contributed by atoms with Crippen LogP contribution in [0.1, 0.15) is 6.92 Å². The van der Waals surface area contributed by atoms with E-state index in [0.29, 0.717) is 0 Å². The van der Waals surface area contributed by atoms with Gasteiger partial charge in [0.15, 0.2) is 0 Å². The van der Waals surface area contributed by atoms with Gasteiger partial charge in [0, 0.05) is 7.05 Å². The van der Waals surface area contributed by atoms with Crippen molar-refractivity contribution >= 4 is 5.71 Å². The Morgan fingerprint density at radius 2 is 1.75 bits per heavy atom. The Bertz CT molecular complexity index is 102. The summed E-state index contributed by atoms with van der Waals surface area (Å²) in [5.74, 6) is 0. The highest BCUT2D eigenvalue weighted by molar-refractivity contribution is 5.87. The van der Waals surface area contributed by atoms with Gasteiger partial charge in [0.2, 0.25) is 0 Å². The van der Waals surface area contributed by atoms with Crippen LogP contribution in [0.15, 0.2) is 4.99 Å². The number of aliphatic imine (C=N–C) groups is 1. The van der Waals surface area contributed by atoms with Gasteiger partial charge in [-0.2, -0.15) is 13.2 Å². The summed E-state index contributed by atoms with van der Waals surface area (Å²) in [6.45, 7) is 0.931. The first-order valence-corrected chi connectivity index (χ1v) is 1.99. The standard InChI is InChI=1S/C4H6F3N/c1-3(8-2)4(5,6)7/h1-2H3/b8-3-. The third kappa shape index (κ3) is 1.95. The summed E-state index contributed by atoms with van der Waals surface area (Å²) in [5.41, 5.74) is -0.794. The maximum atomic E-state index is 11.3. The Kier molecular flexibility index (Phi) is 2.01. The molecule has 0 N–H and O–H groups in total. The molecular weight excluding hydrogens is 119 g/mol. The summed E-state index contributed by atoms with van der Waals surface area (Å²) in [6.07, 6.45) is -4.24. The summed E-state index contributed by atoms with van der Waals surface area (Å²) >= 11 is 0. The highest BCUT2D eigenvalue weighted by Crippen LogP contribution is 2.15. The van der Waals surface area contributed by atoms with Crippen LogP contribution in [0.25, 0.3) is 0 Å². The first kappa shape index (κ1) is 7.46. The summed E-state index contributed by atoms with van der Waals surface area (Å²) < 4.78 is 34.0. The molecule has 0 heterocycles. The smallest absolute Gasteiger partial charge is 0.288 e. The molecule has 0 saturated heterocycles. The fourth-order valence-electron chi connectivity index (χ4n) is 0.127. The van der Waals surface area contributed by atoms with Gasteiger partial charge in [0.1, 0.15) is 5.71 Å². The van der Waals surface area contributed by atoms with E-state index in [-0.39, 0.29) is 0 Å². The van der Waals surface area contributed by atoms with E-state index in [4.69, 9.17) is 0 Å². The van der Waals surface area contributed by atoms with Crippen molar-refractivity contribution in [1.82, 2.24) is 0 Å². The summed E-state index contributed by atoms with van der Waals surface area (Å²) in [6, 6.07) is 0. The maximum Gasteiger partial charge on any atom is 0.428 e. The highest BCUT2D eigenvalue weighted by atomic mass is 19.4. The minimum atomic E-state index is -4.24. The van der Waals surface area contributed by atoms with E-state index in [0.717, 1.165) is 14.0 Å². The monoisotopic (exact) mass is 125 g/mol. The molecule has 0 aromatic rings. The fraction of sp³-hybridized carbons (Fsp3) is 0.750. The van der Waals surface area contributed by atoms with Crippen molar-refractivity contribution in [3.8, 4) is 0 Å². The molecule has 0 aliphatic heterocycles. The van der Waals surface area contributed by atoms with Crippen LogP contribution < -0.4 is 0 Å². The zero-order chi connectivity index (χ0) is 6.78. The first-order chi connectivity index (χ1) is 3.48. The van der Waals surface area contributed by atoms with Crippen LogP contribution in [-0.4, -0.2) is 18.9 Å². The quantitative estimate of drug-likeness (QED) is 0.436. The average Bonchev–Trinajstić information content (AvgIpc) is 1.62. The molecule has 0 rings (SSSR count). The van der Waals surface area contributed by atoms with Crippen molar-refractivity contribution in [2.45, 2.75) is 13.1 Å². The molecule has 0 aliphatic carbocycles. The van der Waals surface area contributed by atoms with Crippen molar-refractivity contribution in [3.63, 3.8) is 0 Å². The second-order valence-electron chi connectivity index (χ2n) is 1.31. The zero-order valence-corrected chi connectivity index (χ0v) is 4.58. The predicted molar refractivity (Wildman–Crippen MR) is 25.1 cm³/mol. The molecule has 0 saturated carbocycles. The van der Waals surface area contributed by atoms with Crippen molar-refractivity contribution in [3.05, 3.63) is 0 Å². The molecule has 0 spiro atoms. The second-order valence-corrected chi connectivity index (χ2v) is 1.31. The second kappa shape index (κ2) is 2.15. The van der Waals surface area contributed by atoms with E-state index in [1.165, 1.54) is 0 Å². The lowest BCUT2D eigenvalue weighted by molar-refractivity contribution is -0.0592. The van der Waals surface area contributed by atoms with Crippen molar-refractivity contribution in [1.29, 1.82) is 0 Å². The SMILES string of the molecule is C/N=C(/C)C(F)(F)F. The van der Waals surface area contributed by atoms with Crippen LogP contribution in [0.3, 0.4) is 0 Å². The van der Waals surface area contributed by atoms with Gasteiger partial charge in [0.05, 0.1) is 0 Å². The fourth-order valence-corrected chi connectivity index (χ4v) is 0.127. The van der Waals surface area contributed by atoms with Crippen LogP contribution in [0.4, 0.5) is 13.2 Å². The molecule has 48 valence electrons. The maximum absolute atomic E-state index is 11.3. The topological polar surface area (TPSA) is 12.4 Å². The number of hydrogen-bond donors (Lipinski definition) is 0. The van der Waals surface area contributed by atoms with Gasteiger partial charge in [0.25, 0.3) is 0 Å². The van der Waals surface area contributed by atoms with Gasteiger partial charge in [-0.3, -0.25) is 4.99 Å². The van der Waals surface area contributed by atoms with Crippen molar-refractivity contribution < 1.29 is 13.2 Å². The number of halogens is 3. The Morgan fingerprint density at radius 1 is 1.38 bits per heavy atom. The van der Waals surface area contributed by atoms with Crippen LogP contribution in [0.2, 0.25) is 0 Å². The molecular formula is C4H6F3N. The molecule has 0 aromatic carbocycles. The molecule has 1 nitrogen and oxygen atoms in total. The third-order valence-electron chi connectivity index (χ3n) is 0.746. The molecule has 0 fully saturated rings. The van der Waals surface area contributed by atoms with Crippen molar-refractivity contribution in [2.24, 2.45) is 4.99 Å². The van der Waals surface area contributed by atoms with Crippen molar-refractivity contribution in [2.75, 3.05) is 7.05 Å². The summed E-state index contributed by atoms with van der Waals surface area (Å²) in [5, 5.41) is 0. The lowest BCUT2D eigenvalue weighted by atomic mass is 10.4. The first-order valence-electron chi connectivity index (χ1n) is 1.99. The van der Waals surface area contributed by atoms with Crippen LogP contribution in [-0.2, 0) is 0 Å². The Balaban J connectivity index is 4.03. The van der Waals surface area contributed by atoms with Gasteiger partial charge in [-0.05, 0) is 6.92 Å². The van der Waals surface area contributed by atoms with Gasteiger partial charge >= 0.3 is 6.18 Å². The van der Waals surface area contributed by atoms with Crippen LogP contribution in [0, 0.1) is 0 Å². The lowest BCUT2D eigenvalue weighted by Gasteiger charge is -2.01. The molecule has 0 atom stereocenters. The molecule has 0 bridgehead atoms. The minimum absolute atomic E-state index is 0.794. The zero-order valence-electron chi connectivity index (χ0n) is 4.58. The number of nitrogens with zero attached hydrogens (tertiary/aromatic N) is 1. The summed E-state index contributed by atoms with van der Waals surface area (Å²) in [4.78, 5) is 2.95. The van der Waals surface area contributed by atoms with Gasteiger partial charge in [-0.1, -0.05) is 0 Å². The molecule has 8 heavy (non-hydrogen) atoms. The Hall–Kier alpha value is -0.540. The molecule has 4 heteroatoms. The average molecular weight is 125 g/mol. The van der Waals surface area contributed by atoms with Crippen LogP contribution in [0.5, 0.6) is 0 Å².